The third-order valence-corrected chi connectivity index (χ3v) is 10.7. The van der Waals surface area contributed by atoms with Crippen LogP contribution in [0.15, 0.2) is 11.6 Å². The summed E-state index contributed by atoms with van der Waals surface area (Å²) in [7, 11) is 0.792. The summed E-state index contributed by atoms with van der Waals surface area (Å²) in [5.41, 5.74) is 4.18. The van der Waals surface area contributed by atoms with Gasteiger partial charge in [-0.1, -0.05) is 32.4 Å². The quantitative estimate of drug-likeness (QED) is 0.297. The lowest BCUT2D eigenvalue weighted by Gasteiger charge is -2.37. The maximum absolute atomic E-state index is 12.7. The molecule has 31 heavy (non-hydrogen) atoms. The predicted octanol–water partition coefficient (Wildman–Crippen LogP) is 5.50. The molecule has 0 N–H and O–H groups in total. The number of hydrogen-bond donors (Lipinski definition) is 0. The molecule has 0 aliphatic carbocycles. The number of rotatable bonds is 8. The van der Waals surface area contributed by atoms with Crippen molar-refractivity contribution in [3.8, 4) is 11.5 Å². The standard InChI is InChI=1S/C24H36O6Si/c1-15(11-13-19(25)27-6)10-12-17-21(28-7)16(2)18-14-29-23(26)20(18)22(17)30-31(8,9)24(3,4)5/h10H,11-14H2,1-9H3/b15-10+. The summed E-state index contributed by atoms with van der Waals surface area (Å²) in [5, 5.41) is -0.0376. The molecule has 0 amide bonds. The van der Waals surface area contributed by atoms with Crippen molar-refractivity contribution in [2.24, 2.45) is 0 Å². The molecule has 0 saturated carbocycles. The van der Waals surface area contributed by atoms with Crippen molar-refractivity contribution < 1.29 is 28.2 Å². The van der Waals surface area contributed by atoms with E-state index >= 15 is 0 Å². The van der Waals surface area contributed by atoms with Gasteiger partial charge in [0.2, 0.25) is 0 Å². The summed E-state index contributed by atoms with van der Waals surface area (Å²) < 4.78 is 22.6. The first-order chi connectivity index (χ1) is 14.3. The first-order valence-corrected chi connectivity index (χ1v) is 13.6. The number of allylic oxidation sites excluding steroid dienone is 2. The topological polar surface area (TPSA) is 71.1 Å². The molecule has 7 heteroatoms. The van der Waals surface area contributed by atoms with E-state index in [9.17, 15) is 9.59 Å². The molecule has 0 fully saturated rings. The summed E-state index contributed by atoms with van der Waals surface area (Å²) in [5.74, 6) is 0.733. The molecule has 1 aliphatic heterocycles. The number of cyclic esters (lactones) is 1. The molecule has 1 aromatic rings. The number of methoxy groups -OCH3 is 2. The van der Waals surface area contributed by atoms with E-state index in [0.29, 0.717) is 30.6 Å². The summed E-state index contributed by atoms with van der Waals surface area (Å²) in [4.78, 5) is 24.1. The molecule has 172 valence electrons. The van der Waals surface area contributed by atoms with Crippen molar-refractivity contribution in [2.45, 2.75) is 78.6 Å². The van der Waals surface area contributed by atoms with Gasteiger partial charge in [-0.05, 0) is 50.4 Å². The molecule has 0 unspecified atom stereocenters. The number of esters is 2. The molecule has 0 spiro atoms. The Kier molecular flexibility index (Phi) is 7.63. The highest BCUT2D eigenvalue weighted by atomic mass is 28.4. The average molecular weight is 449 g/mol. The van der Waals surface area contributed by atoms with E-state index in [4.69, 9.17) is 18.6 Å². The largest absolute Gasteiger partial charge is 0.543 e. The SMILES string of the molecule is COC(=O)CC/C(C)=C/Cc1c(OC)c(C)c2c(c1O[Si](C)(C)C(C)(C)C)C(=O)OC2. The minimum Gasteiger partial charge on any atom is -0.543 e. The number of hydrogen-bond acceptors (Lipinski definition) is 6. The molecule has 1 aliphatic rings. The minimum absolute atomic E-state index is 0.0376. The zero-order chi connectivity index (χ0) is 23.6. The van der Waals surface area contributed by atoms with Gasteiger partial charge in [-0.25, -0.2) is 4.79 Å². The fourth-order valence-corrected chi connectivity index (χ4v) is 4.35. The summed E-state index contributed by atoms with van der Waals surface area (Å²) in [6, 6.07) is 0. The van der Waals surface area contributed by atoms with Crippen molar-refractivity contribution in [1.29, 1.82) is 0 Å². The van der Waals surface area contributed by atoms with Crippen LogP contribution in [0.2, 0.25) is 18.1 Å². The Morgan fingerprint density at radius 1 is 1.16 bits per heavy atom. The van der Waals surface area contributed by atoms with Gasteiger partial charge >= 0.3 is 11.9 Å². The lowest BCUT2D eigenvalue weighted by atomic mass is 9.94. The molecule has 0 radical (unpaired) electrons. The van der Waals surface area contributed by atoms with Crippen LogP contribution in [-0.4, -0.2) is 34.5 Å². The maximum Gasteiger partial charge on any atom is 0.342 e. The summed E-state index contributed by atoms with van der Waals surface area (Å²) >= 11 is 0. The van der Waals surface area contributed by atoms with E-state index in [2.05, 4.69) is 39.9 Å². The van der Waals surface area contributed by atoms with Gasteiger partial charge in [0, 0.05) is 17.5 Å². The second-order valence-corrected chi connectivity index (χ2v) is 14.3. The summed E-state index contributed by atoms with van der Waals surface area (Å²) in [6.45, 7) is 15.0. The van der Waals surface area contributed by atoms with E-state index in [1.54, 1.807) is 7.11 Å². The Labute approximate surface area is 187 Å². The Hall–Kier alpha value is -2.28. The Morgan fingerprint density at radius 2 is 1.81 bits per heavy atom. The third-order valence-electron chi connectivity index (χ3n) is 6.40. The third kappa shape index (κ3) is 5.32. The Bertz CT molecular complexity index is 893. The Balaban J connectivity index is 2.57. The number of carbonyl (C=O) groups is 2. The first kappa shape index (κ1) is 25.0. The molecule has 0 bridgehead atoms. The van der Waals surface area contributed by atoms with Gasteiger partial charge in [-0.3, -0.25) is 4.79 Å². The molecule has 0 aromatic heterocycles. The highest BCUT2D eigenvalue weighted by Crippen LogP contribution is 2.46. The smallest absolute Gasteiger partial charge is 0.342 e. The van der Waals surface area contributed by atoms with Crippen LogP contribution in [0.25, 0.3) is 0 Å². The maximum atomic E-state index is 12.7. The van der Waals surface area contributed by atoms with Crippen LogP contribution >= 0.6 is 0 Å². The van der Waals surface area contributed by atoms with Crippen molar-refractivity contribution in [3.63, 3.8) is 0 Å². The van der Waals surface area contributed by atoms with Gasteiger partial charge in [0.25, 0.3) is 8.32 Å². The zero-order valence-corrected chi connectivity index (χ0v) is 21.4. The zero-order valence-electron chi connectivity index (χ0n) is 20.4. The fourth-order valence-electron chi connectivity index (χ4n) is 3.31. The van der Waals surface area contributed by atoms with Gasteiger partial charge in [0.05, 0.1) is 14.2 Å². The van der Waals surface area contributed by atoms with E-state index in [1.807, 2.05) is 13.8 Å². The van der Waals surface area contributed by atoms with Crippen molar-refractivity contribution in [1.82, 2.24) is 0 Å². The van der Waals surface area contributed by atoms with Crippen LogP contribution in [-0.2, 0) is 27.3 Å². The van der Waals surface area contributed by atoms with E-state index in [-0.39, 0.29) is 23.6 Å². The number of fused-ring (bicyclic) bond motifs is 1. The molecule has 0 saturated heterocycles. The van der Waals surface area contributed by atoms with Crippen molar-refractivity contribution in [3.05, 3.63) is 33.9 Å². The van der Waals surface area contributed by atoms with Gasteiger partial charge in [-0.15, -0.1) is 0 Å². The predicted molar refractivity (Wildman–Crippen MR) is 123 cm³/mol. The monoisotopic (exact) mass is 448 g/mol. The highest BCUT2D eigenvalue weighted by Gasteiger charge is 2.42. The molecule has 1 aromatic carbocycles. The second-order valence-electron chi connectivity index (χ2n) is 9.59. The van der Waals surface area contributed by atoms with Crippen LogP contribution in [0.4, 0.5) is 0 Å². The highest BCUT2D eigenvalue weighted by molar-refractivity contribution is 6.74. The van der Waals surface area contributed by atoms with E-state index in [1.165, 1.54) is 7.11 Å². The number of benzene rings is 1. The molecule has 1 heterocycles. The summed E-state index contributed by atoms with van der Waals surface area (Å²) in [6.07, 6.45) is 3.53. The Morgan fingerprint density at radius 3 is 2.35 bits per heavy atom. The van der Waals surface area contributed by atoms with E-state index < -0.39 is 8.32 Å². The average Bonchev–Trinajstić information content (AvgIpc) is 3.07. The van der Waals surface area contributed by atoms with Gasteiger partial charge in [0.15, 0.2) is 0 Å². The van der Waals surface area contributed by atoms with Crippen LogP contribution in [0.1, 0.15) is 67.6 Å². The fraction of sp³-hybridized carbons (Fsp3) is 0.583. The molecular weight excluding hydrogens is 412 g/mol. The van der Waals surface area contributed by atoms with Gasteiger partial charge in [-0.2, -0.15) is 0 Å². The molecule has 0 atom stereocenters. The van der Waals surface area contributed by atoms with Gasteiger partial charge in [0.1, 0.15) is 23.7 Å². The lowest BCUT2D eigenvalue weighted by Crippen LogP contribution is -2.44. The normalized spacial score (nSPS) is 14.2. The van der Waals surface area contributed by atoms with Crippen LogP contribution < -0.4 is 9.16 Å². The second kappa shape index (κ2) is 9.47. The van der Waals surface area contributed by atoms with E-state index in [0.717, 1.165) is 28.0 Å². The number of carbonyl (C=O) groups excluding carboxylic acids is 2. The van der Waals surface area contributed by atoms with Crippen LogP contribution in [0.5, 0.6) is 11.5 Å². The number of ether oxygens (including phenoxy) is 3. The van der Waals surface area contributed by atoms with Gasteiger partial charge < -0.3 is 18.6 Å². The van der Waals surface area contributed by atoms with Crippen molar-refractivity contribution in [2.75, 3.05) is 14.2 Å². The molecule has 6 nitrogen and oxygen atoms in total. The van der Waals surface area contributed by atoms with Crippen LogP contribution in [0.3, 0.4) is 0 Å². The molecule has 2 rings (SSSR count). The first-order valence-electron chi connectivity index (χ1n) is 10.6. The lowest BCUT2D eigenvalue weighted by molar-refractivity contribution is -0.140. The van der Waals surface area contributed by atoms with Crippen LogP contribution in [0, 0.1) is 6.92 Å². The molecular formula is C24H36O6Si. The minimum atomic E-state index is -2.24. The van der Waals surface area contributed by atoms with Crippen molar-refractivity contribution >= 4 is 20.3 Å².